The third kappa shape index (κ3) is 2.27. The van der Waals surface area contributed by atoms with Gasteiger partial charge in [-0.3, -0.25) is 0 Å². The summed E-state index contributed by atoms with van der Waals surface area (Å²) in [5.74, 6) is 0.601. The lowest BCUT2D eigenvalue weighted by molar-refractivity contribution is -0.0469. The summed E-state index contributed by atoms with van der Waals surface area (Å²) in [6, 6.07) is 10.3. The van der Waals surface area contributed by atoms with Crippen LogP contribution < -0.4 is 5.46 Å². The predicted octanol–water partition coefficient (Wildman–Crippen LogP) is 2.38. The first kappa shape index (κ1) is 11.3. The Labute approximate surface area is 103 Å². The van der Waals surface area contributed by atoms with Crippen molar-refractivity contribution in [3.8, 4) is 0 Å². The van der Waals surface area contributed by atoms with E-state index < -0.39 is 0 Å². The minimum absolute atomic E-state index is 0.162. The smallest absolute Gasteiger partial charge is 0.404 e. The van der Waals surface area contributed by atoms with Gasteiger partial charge >= 0.3 is 7.12 Å². The van der Waals surface area contributed by atoms with Crippen molar-refractivity contribution in [2.45, 2.75) is 44.8 Å². The van der Waals surface area contributed by atoms with Crippen LogP contribution in [0.3, 0.4) is 0 Å². The average Bonchev–Trinajstić information content (AvgIpc) is 2.40. The van der Waals surface area contributed by atoms with Gasteiger partial charge in [0.05, 0.1) is 0 Å². The van der Waals surface area contributed by atoms with Crippen molar-refractivity contribution < 1.29 is 9.31 Å². The highest BCUT2D eigenvalue weighted by molar-refractivity contribution is 6.61. The van der Waals surface area contributed by atoms with Crippen molar-refractivity contribution in [2.75, 3.05) is 0 Å². The Balaban J connectivity index is 1.77. The van der Waals surface area contributed by atoms with Gasteiger partial charge in [0.25, 0.3) is 0 Å². The van der Waals surface area contributed by atoms with Gasteiger partial charge in [-0.2, -0.15) is 0 Å². The van der Waals surface area contributed by atoms with Gasteiger partial charge in [0.15, 0.2) is 0 Å². The Hall–Kier alpha value is -0.795. The molecule has 0 unspecified atom stereocenters. The van der Waals surface area contributed by atoms with Crippen LogP contribution >= 0.6 is 0 Å². The summed E-state index contributed by atoms with van der Waals surface area (Å²) in [6.07, 6.45) is 5.80. The van der Waals surface area contributed by atoms with Gasteiger partial charge in [-0.1, -0.05) is 43.2 Å². The Morgan fingerprint density at radius 1 is 1.06 bits per heavy atom. The van der Waals surface area contributed by atoms with Crippen LogP contribution in [0.2, 0.25) is 0 Å². The Morgan fingerprint density at radius 2 is 1.82 bits per heavy atom. The van der Waals surface area contributed by atoms with Crippen molar-refractivity contribution in [1.29, 1.82) is 0 Å². The van der Waals surface area contributed by atoms with Crippen LogP contribution in [0.4, 0.5) is 0 Å². The number of rotatable bonds is 1. The van der Waals surface area contributed by atoms with Crippen molar-refractivity contribution in [1.82, 2.24) is 0 Å². The Kier molecular flexibility index (Phi) is 3.21. The molecular weight excluding hydrogens is 211 g/mol. The molecule has 3 heteroatoms. The molecule has 2 fully saturated rings. The lowest BCUT2D eigenvalue weighted by atomic mass is 9.72. The van der Waals surface area contributed by atoms with Gasteiger partial charge < -0.3 is 9.31 Å². The molecule has 1 heterocycles. The summed E-state index contributed by atoms with van der Waals surface area (Å²) in [5.41, 5.74) is 1.14. The molecule has 1 saturated carbocycles. The topological polar surface area (TPSA) is 18.5 Å². The van der Waals surface area contributed by atoms with Crippen LogP contribution in [0.25, 0.3) is 0 Å². The van der Waals surface area contributed by atoms with E-state index in [0.29, 0.717) is 18.1 Å². The SMILES string of the molecule is C[C@@H]1OB(c2ccccc2)O[C@H]2CCCC[C@H]12. The minimum Gasteiger partial charge on any atom is -0.404 e. The largest absolute Gasteiger partial charge is 0.494 e. The molecule has 1 saturated heterocycles. The van der Waals surface area contributed by atoms with E-state index in [2.05, 4.69) is 19.1 Å². The van der Waals surface area contributed by atoms with E-state index >= 15 is 0 Å². The second-order valence-electron chi connectivity index (χ2n) is 5.21. The van der Waals surface area contributed by atoms with Gasteiger partial charge in [0.1, 0.15) is 0 Å². The lowest BCUT2D eigenvalue weighted by Gasteiger charge is -2.42. The van der Waals surface area contributed by atoms with Crippen LogP contribution in [0.15, 0.2) is 30.3 Å². The molecular formula is C14H19BO2. The van der Waals surface area contributed by atoms with Crippen LogP contribution in [0, 0.1) is 5.92 Å². The fraction of sp³-hybridized carbons (Fsp3) is 0.571. The molecule has 17 heavy (non-hydrogen) atoms. The van der Waals surface area contributed by atoms with E-state index in [0.717, 1.165) is 5.46 Å². The summed E-state index contributed by atoms with van der Waals surface area (Å²) in [7, 11) is -0.162. The molecule has 0 N–H and O–H groups in total. The maximum atomic E-state index is 6.12. The fourth-order valence-corrected chi connectivity index (χ4v) is 3.09. The van der Waals surface area contributed by atoms with E-state index in [1.807, 2.05) is 18.2 Å². The molecule has 0 radical (unpaired) electrons. The Morgan fingerprint density at radius 3 is 2.65 bits per heavy atom. The molecule has 3 rings (SSSR count). The lowest BCUT2D eigenvalue weighted by Crippen LogP contribution is -2.53. The van der Waals surface area contributed by atoms with Crippen molar-refractivity contribution in [2.24, 2.45) is 5.92 Å². The highest BCUT2D eigenvalue weighted by atomic mass is 16.6. The summed E-state index contributed by atoms with van der Waals surface area (Å²) in [4.78, 5) is 0. The summed E-state index contributed by atoms with van der Waals surface area (Å²) >= 11 is 0. The van der Waals surface area contributed by atoms with Gasteiger partial charge in [-0.25, -0.2) is 0 Å². The van der Waals surface area contributed by atoms with Gasteiger partial charge in [-0.05, 0) is 25.2 Å². The first-order valence-corrected chi connectivity index (χ1v) is 6.70. The fourth-order valence-electron chi connectivity index (χ4n) is 3.09. The maximum absolute atomic E-state index is 6.12. The van der Waals surface area contributed by atoms with E-state index in [1.54, 1.807) is 0 Å². The van der Waals surface area contributed by atoms with Crippen molar-refractivity contribution in [3.63, 3.8) is 0 Å². The number of hydrogen-bond acceptors (Lipinski definition) is 2. The highest BCUT2D eigenvalue weighted by Crippen LogP contribution is 2.34. The molecule has 1 aliphatic carbocycles. The zero-order chi connectivity index (χ0) is 11.7. The average molecular weight is 230 g/mol. The number of benzene rings is 1. The molecule has 1 aliphatic heterocycles. The minimum atomic E-state index is -0.162. The van der Waals surface area contributed by atoms with E-state index in [-0.39, 0.29) is 7.12 Å². The summed E-state index contributed by atoms with van der Waals surface area (Å²) in [6.45, 7) is 2.20. The standard InChI is InChI=1S/C14H19BO2/c1-11-13-9-5-6-10-14(13)17-15(16-11)12-7-3-2-4-8-12/h2-4,7-8,11,13-14H,5-6,9-10H2,1H3/t11-,13+,14-/m0/s1. The molecule has 2 nitrogen and oxygen atoms in total. The second-order valence-corrected chi connectivity index (χ2v) is 5.21. The third-order valence-electron chi connectivity index (χ3n) is 4.06. The van der Waals surface area contributed by atoms with E-state index in [4.69, 9.17) is 9.31 Å². The third-order valence-corrected chi connectivity index (χ3v) is 4.06. The van der Waals surface area contributed by atoms with Crippen LogP contribution in [-0.2, 0) is 9.31 Å². The summed E-state index contributed by atoms with van der Waals surface area (Å²) < 4.78 is 12.1. The monoisotopic (exact) mass is 230 g/mol. The van der Waals surface area contributed by atoms with Gasteiger partial charge in [0.2, 0.25) is 0 Å². The van der Waals surface area contributed by atoms with Gasteiger partial charge in [-0.15, -0.1) is 0 Å². The molecule has 0 amide bonds. The molecule has 2 aliphatic rings. The van der Waals surface area contributed by atoms with E-state index in [1.165, 1.54) is 25.7 Å². The molecule has 1 aromatic rings. The van der Waals surface area contributed by atoms with E-state index in [9.17, 15) is 0 Å². The molecule has 90 valence electrons. The molecule has 3 atom stereocenters. The van der Waals surface area contributed by atoms with Crippen molar-refractivity contribution in [3.05, 3.63) is 30.3 Å². The molecule has 0 bridgehead atoms. The molecule has 1 aromatic carbocycles. The van der Waals surface area contributed by atoms with Crippen LogP contribution in [0.5, 0.6) is 0 Å². The zero-order valence-electron chi connectivity index (χ0n) is 10.3. The quantitative estimate of drug-likeness (QED) is 0.689. The maximum Gasteiger partial charge on any atom is 0.494 e. The normalized spacial score (nSPS) is 33.2. The first-order chi connectivity index (χ1) is 8.34. The number of hydrogen-bond donors (Lipinski definition) is 0. The highest BCUT2D eigenvalue weighted by Gasteiger charge is 2.41. The van der Waals surface area contributed by atoms with Crippen LogP contribution in [0.1, 0.15) is 32.6 Å². The Bertz CT molecular complexity index is 368. The van der Waals surface area contributed by atoms with Crippen molar-refractivity contribution >= 4 is 12.6 Å². The molecule has 0 spiro atoms. The first-order valence-electron chi connectivity index (χ1n) is 6.70. The van der Waals surface area contributed by atoms with Crippen LogP contribution in [-0.4, -0.2) is 19.3 Å². The zero-order valence-corrected chi connectivity index (χ0v) is 10.3. The molecule has 0 aromatic heterocycles. The summed E-state index contributed by atoms with van der Waals surface area (Å²) in [5, 5.41) is 0. The second kappa shape index (κ2) is 4.83. The predicted molar refractivity (Wildman–Crippen MR) is 69.2 cm³/mol. The number of fused-ring (bicyclic) bond motifs is 1. The van der Waals surface area contributed by atoms with Gasteiger partial charge in [0, 0.05) is 18.1 Å².